The fourth-order valence-electron chi connectivity index (χ4n) is 6.48. The summed E-state index contributed by atoms with van der Waals surface area (Å²) in [5.41, 5.74) is 1.81. The predicted molar refractivity (Wildman–Crippen MR) is 184 cm³/mol. The summed E-state index contributed by atoms with van der Waals surface area (Å²) in [7, 11) is 4.86. The van der Waals surface area contributed by atoms with Gasteiger partial charge in [-0.1, -0.05) is 32.0 Å². The van der Waals surface area contributed by atoms with E-state index < -0.39 is 36.1 Å². The fourth-order valence-corrected chi connectivity index (χ4v) is 6.48. The van der Waals surface area contributed by atoms with Crippen molar-refractivity contribution < 1.29 is 47.9 Å². The molecule has 49 heavy (non-hydrogen) atoms. The SMILES string of the molecule is COCCCN1CCOc2ccc(CO[C@H]3CN(C(=O)OC(C)OC(=O)C(C)C)[C@@H](CC(C)(O)COC)C[C@@H]3c3ccc(OC)cc3)cc21. The molecule has 2 aromatic rings. The molecule has 272 valence electrons. The zero-order valence-corrected chi connectivity index (χ0v) is 30.0. The average molecular weight is 687 g/mol. The van der Waals surface area contributed by atoms with Crippen molar-refractivity contribution in [3.63, 3.8) is 0 Å². The van der Waals surface area contributed by atoms with Crippen LogP contribution in [0.5, 0.6) is 11.5 Å². The van der Waals surface area contributed by atoms with E-state index in [1.165, 1.54) is 14.0 Å². The zero-order chi connectivity index (χ0) is 35.6. The number of rotatable bonds is 16. The van der Waals surface area contributed by atoms with E-state index in [9.17, 15) is 14.7 Å². The van der Waals surface area contributed by atoms with Crippen LogP contribution in [0.25, 0.3) is 0 Å². The lowest BCUT2D eigenvalue weighted by Gasteiger charge is -2.45. The van der Waals surface area contributed by atoms with E-state index in [4.69, 9.17) is 33.2 Å². The van der Waals surface area contributed by atoms with Gasteiger partial charge in [0.25, 0.3) is 0 Å². The van der Waals surface area contributed by atoms with E-state index in [0.717, 1.165) is 47.8 Å². The number of benzene rings is 2. The molecule has 1 N–H and O–H groups in total. The predicted octanol–water partition coefficient (Wildman–Crippen LogP) is 5.14. The first-order valence-electron chi connectivity index (χ1n) is 17.1. The number of hydrogen-bond acceptors (Lipinski definition) is 11. The Balaban J connectivity index is 1.61. The van der Waals surface area contributed by atoms with Crippen LogP contribution in [0.2, 0.25) is 0 Å². The topological polar surface area (TPSA) is 125 Å². The first kappa shape index (κ1) is 38.2. The van der Waals surface area contributed by atoms with Crippen molar-refractivity contribution >= 4 is 17.7 Å². The Morgan fingerprint density at radius 3 is 2.47 bits per heavy atom. The van der Waals surface area contributed by atoms with Crippen LogP contribution in [0.1, 0.15) is 64.0 Å². The second-order valence-electron chi connectivity index (χ2n) is 13.4. The summed E-state index contributed by atoms with van der Waals surface area (Å²) >= 11 is 0. The highest BCUT2D eigenvalue weighted by atomic mass is 16.7. The third-order valence-corrected chi connectivity index (χ3v) is 8.95. The molecule has 2 heterocycles. The van der Waals surface area contributed by atoms with Gasteiger partial charge in [-0.15, -0.1) is 0 Å². The first-order chi connectivity index (χ1) is 23.4. The standard InChI is InChI=1S/C37H54N2O10/c1-25(2)35(40)48-26(3)49-36(41)39-22-34(47-23-27-9-14-33-32(19-27)38(16-18-46-33)15-8-17-43-5)31(28-10-12-30(45-7)13-11-28)20-29(39)21-37(4,42)24-44-6/h9-14,19,25-26,29,31,34,42H,8,15-18,20-24H2,1-7H3/t26?,29-,31-,34+,37?/m1/s1. The fraction of sp³-hybridized carbons (Fsp3) is 0.622. The van der Waals surface area contributed by atoms with E-state index >= 15 is 0 Å². The lowest BCUT2D eigenvalue weighted by Crippen LogP contribution is -2.55. The molecule has 2 aliphatic rings. The summed E-state index contributed by atoms with van der Waals surface area (Å²) < 4.78 is 39.6. The molecule has 0 bridgehead atoms. The Kier molecular flexibility index (Phi) is 14.0. The van der Waals surface area contributed by atoms with Crippen LogP contribution in [0.3, 0.4) is 0 Å². The van der Waals surface area contributed by atoms with Gasteiger partial charge in [-0.05, 0) is 61.6 Å². The number of esters is 1. The number of carbonyl (C=O) groups excluding carboxylic acids is 2. The van der Waals surface area contributed by atoms with E-state index in [1.807, 2.05) is 36.4 Å². The highest BCUT2D eigenvalue weighted by Crippen LogP contribution is 2.39. The summed E-state index contributed by atoms with van der Waals surface area (Å²) in [6.45, 7) is 10.2. The van der Waals surface area contributed by atoms with Crippen LogP contribution in [-0.2, 0) is 35.1 Å². The number of anilines is 1. The van der Waals surface area contributed by atoms with Gasteiger partial charge in [-0.3, -0.25) is 4.79 Å². The molecular formula is C37H54N2O10. The van der Waals surface area contributed by atoms with E-state index in [2.05, 4.69) is 11.0 Å². The number of likely N-dealkylation sites (tertiary alicyclic amines) is 1. The first-order valence-corrected chi connectivity index (χ1v) is 17.1. The Morgan fingerprint density at radius 2 is 1.80 bits per heavy atom. The molecule has 0 aliphatic carbocycles. The van der Waals surface area contributed by atoms with Gasteiger partial charge in [-0.25, -0.2) is 4.79 Å². The van der Waals surface area contributed by atoms with Crippen LogP contribution in [-0.4, -0.2) is 107 Å². The number of piperidine rings is 1. The van der Waals surface area contributed by atoms with Gasteiger partial charge < -0.3 is 48.1 Å². The molecular weight excluding hydrogens is 632 g/mol. The van der Waals surface area contributed by atoms with Crippen molar-refractivity contribution in [2.24, 2.45) is 5.92 Å². The van der Waals surface area contributed by atoms with Crippen LogP contribution in [0.4, 0.5) is 10.5 Å². The Labute approximate surface area is 290 Å². The number of amides is 1. The van der Waals surface area contributed by atoms with Crippen molar-refractivity contribution in [1.29, 1.82) is 0 Å². The van der Waals surface area contributed by atoms with E-state index in [-0.39, 0.29) is 31.4 Å². The highest BCUT2D eigenvalue weighted by molar-refractivity contribution is 5.72. The summed E-state index contributed by atoms with van der Waals surface area (Å²) in [5.74, 6) is 0.614. The smallest absolute Gasteiger partial charge is 0.413 e. The highest BCUT2D eigenvalue weighted by Gasteiger charge is 2.43. The monoisotopic (exact) mass is 686 g/mol. The molecule has 0 radical (unpaired) electrons. The molecule has 0 saturated carbocycles. The molecule has 12 heteroatoms. The van der Waals surface area contributed by atoms with Gasteiger partial charge in [-0.2, -0.15) is 0 Å². The second-order valence-corrected chi connectivity index (χ2v) is 13.4. The minimum atomic E-state index is -1.22. The van der Waals surface area contributed by atoms with Crippen molar-refractivity contribution in [2.75, 3.05) is 65.7 Å². The number of nitrogens with zero attached hydrogens (tertiary/aromatic N) is 2. The lowest BCUT2D eigenvalue weighted by atomic mass is 9.80. The van der Waals surface area contributed by atoms with Gasteiger partial charge in [0.2, 0.25) is 6.29 Å². The van der Waals surface area contributed by atoms with Gasteiger partial charge in [0.05, 0.1) is 56.7 Å². The molecule has 12 nitrogen and oxygen atoms in total. The molecule has 1 amide bonds. The number of ether oxygens (including phenoxy) is 7. The Morgan fingerprint density at radius 1 is 1.04 bits per heavy atom. The van der Waals surface area contributed by atoms with Crippen molar-refractivity contribution in [1.82, 2.24) is 4.90 Å². The molecule has 1 saturated heterocycles. The average Bonchev–Trinajstić information content (AvgIpc) is 3.07. The van der Waals surface area contributed by atoms with Crippen LogP contribution >= 0.6 is 0 Å². The minimum Gasteiger partial charge on any atom is -0.497 e. The quantitative estimate of drug-likeness (QED) is 0.143. The molecule has 2 unspecified atom stereocenters. The molecule has 0 spiro atoms. The minimum absolute atomic E-state index is 0.0897. The number of methoxy groups -OCH3 is 3. The van der Waals surface area contributed by atoms with Crippen LogP contribution < -0.4 is 14.4 Å². The van der Waals surface area contributed by atoms with Gasteiger partial charge >= 0.3 is 12.1 Å². The largest absolute Gasteiger partial charge is 0.497 e. The van der Waals surface area contributed by atoms with Crippen molar-refractivity contribution in [3.8, 4) is 11.5 Å². The number of hydrogen-bond donors (Lipinski definition) is 1. The molecule has 0 aromatic heterocycles. The summed E-state index contributed by atoms with van der Waals surface area (Å²) in [6.07, 6.45) is -0.547. The summed E-state index contributed by atoms with van der Waals surface area (Å²) in [6, 6.07) is 13.5. The number of aliphatic hydroxyl groups is 1. The molecule has 1 fully saturated rings. The van der Waals surface area contributed by atoms with E-state index in [0.29, 0.717) is 26.2 Å². The van der Waals surface area contributed by atoms with Crippen molar-refractivity contribution in [3.05, 3.63) is 53.6 Å². The van der Waals surface area contributed by atoms with Gasteiger partial charge in [0, 0.05) is 46.3 Å². The van der Waals surface area contributed by atoms with E-state index in [1.54, 1.807) is 39.9 Å². The Bertz CT molecular complexity index is 1350. The van der Waals surface area contributed by atoms with Gasteiger partial charge in [0.15, 0.2) is 0 Å². The molecule has 4 rings (SSSR count). The van der Waals surface area contributed by atoms with Crippen molar-refractivity contribution in [2.45, 2.75) is 83.5 Å². The summed E-state index contributed by atoms with van der Waals surface area (Å²) in [4.78, 5) is 29.9. The third-order valence-electron chi connectivity index (χ3n) is 8.95. The molecule has 2 aromatic carbocycles. The van der Waals surface area contributed by atoms with Crippen LogP contribution in [0.15, 0.2) is 42.5 Å². The maximum absolute atomic E-state index is 13.8. The number of carbonyl (C=O) groups is 2. The molecule has 5 atom stereocenters. The lowest BCUT2D eigenvalue weighted by molar-refractivity contribution is -0.171. The summed E-state index contributed by atoms with van der Waals surface area (Å²) in [5, 5.41) is 11.2. The Hall–Kier alpha value is -3.58. The molecule has 2 aliphatic heterocycles. The third kappa shape index (κ3) is 10.7. The second kappa shape index (κ2) is 17.9. The maximum atomic E-state index is 13.8. The van der Waals surface area contributed by atoms with Crippen LogP contribution in [0, 0.1) is 5.92 Å². The zero-order valence-electron chi connectivity index (χ0n) is 30.0. The van der Waals surface area contributed by atoms with Gasteiger partial charge in [0.1, 0.15) is 18.1 Å². The maximum Gasteiger partial charge on any atom is 0.413 e. The normalized spacial score (nSPS) is 21.0. The number of fused-ring (bicyclic) bond motifs is 1.